The van der Waals surface area contributed by atoms with Gasteiger partial charge in [-0.15, -0.1) is 0 Å². The fraction of sp³-hybridized carbons (Fsp3) is 0.333. The Balaban J connectivity index is 1.59. The molecule has 0 spiro atoms. The molecule has 1 N–H and O–H groups in total. The van der Waals surface area contributed by atoms with Crippen molar-refractivity contribution >= 4 is 17.3 Å². The third-order valence-electron chi connectivity index (χ3n) is 6.15. The Labute approximate surface area is 177 Å². The molecule has 3 heterocycles. The summed E-state index contributed by atoms with van der Waals surface area (Å²) in [5, 5.41) is 4.37. The Morgan fingerprint density at radius 1 is 1.07 bits per heavy atom. The second-order valence-electron chi connectivity index (χ2n) is 8.17. The number of thiocarbonyl (C=S) groups is 1. The molecule has 2 atom stereocenters. The first-order valence-corrected chi connectivity index (χ1v) is 10.7. The first kappa shape index (κ1) is 18.4. The molecule has 0 bridgehead atoms. The van der Waals surface area contributed by atoms with Gasteiger partial charge in [0.25, 0.3) is 0 Å². The molecule has 1 aliphatic carbocycles. The molecule has 1 aromatic carbocycles. The van der Waals surface area contributed by atoms with Crippen LogP contribution in [-0.2, 0) is 6.54 Å². The van der Waals surface area contributed by atoms with Crippen molar-refractivity contribution in [3.05, 3.63) is 89.0 Å². The predicted molar refractivity (Wildman–Crippen MR) is 120 cm³/mol. The number of benzene rings is 1. The molecule has 1 aliphatic heterocycles. The summed E-state index contributed by atoms with van der Waals surface area (Å²) in [5.41, 5.74) is 6.36. The zero-order chi connectivity index (χ0) is 20.0. The van der Waals surface area contributed by atoms with Crippen LogP contribution in [0.1, 0.15) is 59.2 Å². The van der Waals surface area contributed by atoms with Crippen LogP contribution >= 0.6 is 12.2 Å². The van der Waals surface area contributed by atoms with E-state index in [-0.39, 0.29) is 12.1 Å². The molecule has 4 nitrogen and oxygen atoms in total. The average Bonchev–Trinajstić information content (AvgIpc) is 3.46. The molecular formula is C24H26N4S. The lowest BCUT2D eigenvalue weighted by molar-refractivity contribution is 0.309. The third kappa shape index (κ3) is 3.33. The summed E-state index contributed by atoms with van der Waals surface area (Å²) >= 11 is 5.82. The van der Waals surface area contributed by atoms with Gasteiger partial charge in [-0.1, -0.05) is 36.4 Å². The number of rotatable bonds is 5. The summed E-state index contributed by atoms with van der Waals surface area (Å²) in [4.78, 5) is 7.00. The number of nitrogens with zero attached hydrogens (tertiary/aromatic N) is 3. The first-order valence-electron chi connectivity index (χ1n) is 10.3. The normalized spacial score (nSPS) is 21.4. The van der Waals surface area contributed by atoms with Gasteiger partial charge in [-0.25, -0.2) is 0 Å². The second-order valence-corrected chi connectivity index (χ2v) is 8.55. The molecule has 5 rings (SSSR count). The van der Waals surface area contributed by atoms with E-state index in [2.05, 4.69) is 82.1 Å². The Kier molecular flexibility index (Phi) is 4.63. The first-order chi connectivity index (χ1) is 14.1. The molecule has 0 amide bonds. The van der Waals surface area contributed by atoms with Crippen LogP contribution in [0, 0.1) is 13.8 Å². The van der Waals surface area contributed by atoms with Crippen molar-refractivity contribution in [1.82, 2.24) is 19.8 Å². The van der Waals surface area contributed by atoms with Crippen LogP contribution in [0.3, 0.4) is 0 Å². The van der Waals surface area contributed by atoms with Crippen LogP contribution < -0.4 is 5.32 Å². The van der Waals surface area contributed by atoms with Crippen LogP contribution in [0.2, 0.25) is 0 Å². The quantitative estimate of drug-likeness (QED) is 0.608. The summed E-state index contributed by atoms with van der Waals surface area (Å²) in [6, 6.07) is 19.9. The molecule has 5 heteroatoms. The lowest BCUT2D eigenvalue weighted by atomic mass is 9.96. The summed E-state index contributed by atoms with van der Waals surface area (Å²) < 4.78 is 2.52. The molecule has 2 fully saturated rings. The van der Waals surface area contributed by atoms with Gasteiger partial charge in [-0.05, 0) is 68.2 Å². The van der Waals surface area contributed by atoms with Gasteiger partial charge in [-0.2, -0.15) is 0 Å². The van der Waals surface area contributed by atoms with Crippen molar-refractivity contribution < 1.29 is 0 Å². The van der Waals surface area contributed by atoms with E-state index in [4.69, 9.17) is 12.2 Å². The largest absolute Gasteiger partial charge is 0.352 e. The molecular weight excluding hydrogens is 376 g/mol. The maximum absolute atomic E-state index is 5.82. The maximum Gasteiger partial charge on any atom is 0.170 e. The van der Waals surface area contributed by atoms with Crippen LogP contribution in [0.5, 0.6) is 0 Å². The van der Waals surface area contributed by atoms with Gasteiger partial charge in [0, 0.05) is 30.2 Å². The lowest BCUT2D eigenvalue weighted by Gasteiger charge is -2.28. The molecule has 0 radical (unpaired) electrons. The Bertz CT molecular complexity index is 1020. The van der Waals surface area contributed by atoms with Gasteiger partial charge in [0.05, 0.1) is 17.8 Å². The number of pyridine rings is 1. The van der Waals surface area contributed by atoms with E-state index in [0.717, 1.165) is 17.4 Å². The highest BCUT2D eigenvalue weighted by atomic mass is 32.1. The molecule has 148 valence electrons. The lowest BCUT2D eigenvalue weighted by Crippen LogP contribution is -2.29. The number of aromatic nitrogens is 2. The van der Waals surface area contributed by atoms with E-state index < -0.39 is 0 Å². The van der Waals surface area contributed by atoms with Crippen molar-refractivity contribution in [3.8, 4) is 0 Å². The number of aryl methyl sites for hydroxylation is 1. The van der Waals surface area contributed by atoms with Crippen molar-refractivity contribution in [1.29, 1.82) is 0 Å². The van der Waals surface area contributed by atoms with E-state index in [9.17, 15) is 0 Å². The SMILES string of the molecule is Cc1cc([C@H]2[C@@H](c3ccccn3)NC(=S)N2Cc2ccccc2)c(C)n1C1CC1. The number of hydrogen-bond donors (Lipinski definition) is 1. The number of hydrogen-bond acceptors (Lipinski definition) is 2. The summed E-state index contributed by atoms with van der Waals surface area (Å²) in [7, 11) is 0. The zero-order valence-electron chi connectivity index (χ0n) is 16.9. The van der Waals surface area contributed by atoms with Crippen LogP contribution in [0.15, 0.2) is 60.8 Å². The van der Waals surface area contributed by atoms with Crippen LogP contribution in [-0.4, -0.2) is 19.6 Å². The van der Waals surface area contributed by atoms with Crippen LogP contribution in [0.25, 0.3) is 0 Å². The van der Waals surface area contributed by atoms with Crippen molar-refractivity contribution in [3.63, 3.8) is 0 Å². The van der Waals surface area contributed by atoms with Crippen LogP contribution in [0.4, 0.5) is 0 Å². The standard InChI is InChI=1S/C24H26N4S/c1-16-14-20(17(2)28(16)19-11-12-19)23-22(21-10-6-7-13-25-21)26-24(29)27(23)15-18-8-4-3-5-9-18/h3-10,13-14,19,22-23H,11-12,15H2,1-2H3,(H,26,29)/t22-,23+/m1/s1. The monoisotopic (exact) mass is 402 g/mol. The average molecular weight is 403 g/mol. The van der Waals surface area contributed by atoms with Gasteiger partial charge in [0.15, 0.2) is 5.11 Å². The highest BCUT2D eigenvalue weighted by molar-refractivity contribution is 7.80. The molecule has 2 aromatic heterocycles. The molecule has 3 aromatic rings. The minimum Gasteiger partial charge on any atom is -0.352 e. The highest BCUT2D eigenvalue weighted by Crippen LogP contribution is 2.45. The minimum absolute atomic E-state index is 0.0422. The van der Waals surface area contributed by atoms with Gasteiger partial charge < -0.3 is 14.8 Å². The van der Waals surface area contributed by atoms with E-state index in [1.54, 1.807) is 0 Å². The Hall–Kier alpha value is -2.66. The molecule has 2 aliphatic rings. The smallest absolute Gasteiger partial charge is 0.170 e. The minimum atomic E-state index is 0.0422. The highest BCUT2D eigenvalue weighted by Gasteiger charge is 2.42. The predicted octanol–water partition coefficient (Wildman–Crippen LogP) is 5.01. The molecule has 29 heavy (non-hydrogen) atoms. The Morgan fingerprint density at radius 3 is 2.52 bits per heavy atom. The summed E-state index contributed by atoms with van der Waals surface area (Å²) in [6.07, 6.45) is 4.44. The topological polar surface area (TPSA) is 33.1 Å². The van der Waals surface area contributed by atoms with Crippen molar-refractivity contribution in [2.24, 2.45) is 0 Å². The van der Waals surface area contributed by atoms with E-state index in [1.807, 2.05) is 12.3 Å². The fourth-order valence-electron chi connectivity index (χ4n) is 4.69. The summed E-state index contributed by atoms with van der Waals surface area (Å²) in [6.45, 7) is 5.28. The van der Waals surface area contributed by atoms with Gasteiger partial charge in [0.1, 0.15) is 0 Å². The third-order valence-corrected chi connectivity index (χ3v) is 6.50. The maximum atomic E-state index is 5.82. The fourth-order valence-corrected chi connectivity index (χ4v) is 5.00. The number of nitrogens with one attached hydrogen (secondary N) is 1. The van der Waals surface area contributed by atoms with E-state index in [1.165, 1.54) is 35.4 Å². The molecule has 1 saturated heterocycles. The second kappa shape index (κ2) is 7.30. The summed E-state index contributed by atoms with van der Waals surface area (Å²) in [5.74, 6) is 0. The van der Waals surface area contributed by atoms with Gasteiger partial charge >= 0.3 is 0 Å². The van der Waals surface area contributed by atoms with Gasteiger partial charge in [0.2, 0.25) is 0 Å². The molecule has 1 saturated carbocycles. The van der Waals surface area contributed by atoms with E-state index in [0.29, 0.717) is 6.04 Å². The van der Waals surface area contributed by atoms with Crippen molar-refractivity contribution in [2.75, 3.05) is 0 Å². The Morgan fingerprint density at radius 2 is 1.83 bits per heavy atom. The zero-order valence-corrected chi connectivity index (χ0v) is 17.7. The van der Waals surface area contributed by atoms with Gasteiger partial charge in [-0.3, -0.25) is 4.98 Å². The van der Waals surface area contributed by atoms with E-state index >= 15 is 0 Å². The van der Waals surface area contributed by atoms with Crippen molar-refractivity contribution in [2.45, 2.75) is 51.4 Å². The molecule has 0 unspecified atom stereocenters.